The molecule has 11 heteroatoms. The zero-order valence-corrected chi connectivity index (χ0v) is 20.5. The van der Waals surface area contributed by atoms with Gasteiger partial charge in [-0.15, -0.1) is 0 Å². The highest BCUT2D eigenvalue weighted by atomic mass is 35.5. The van der Waals surface area contributed by atoms with E-state index in [2.05, 4.69) is 5.32 Å². The van der Waals surface area contributed by atoms with Crippen molar-refractivity contribution < 1.29 is 27.5 Å². The monoisotopic (exact) mass is 514 g/mol. The van der Waals surface area contributed by atoms with Crippen molar-refractivity contribution in [2.45, 2.75) is 31.1 Å². The fraction of sp³-hybridized carbons (Fsp3) is 0.364. The zero-order chi connectivity index (χ0) is 24.2. The molecule has 2 aromatic carbocycles. The minimum Gasteiger partial charge on any atom is -0.495 e. The first-order chi connectivity index (χ1) is 15.6. The number of methoxy groups -OCH3 is 1. The Morgan fingerprint density at radius 2 is 1.76 bits per heavy atom. The summed E-state index contributed by atoms with van der Waals surface area (Å²) in [6.07, 6.45) is 2.55. The Balaban J connectivity index is 1.70. The van der Waals surface area contributed by atoms with Gasteiger partial charge in [-0.1, -0.05) is 29.6 Å². The van der Waals surface area contributed by atoms with Crippen LogP contribution in [0.15, 0.2) is 35.2 Å². The second-order valence-electron chi connectivity index (χ2n) is 7.53. The molecule has 1 aliphatic heterocycles. The molecule has 0 unspecified atom stereocenters. The van der Waals surface area contributed by atoms with Crippen molar-refractivity contribution in [1.82, 2.24) is 4.31 Å². The molecule has 1 aliphatic rings. The predicted octanol–water partition coefficient (Wildman–Crippen LogP) is 4.28. The molecule has 3 rings (SSSR count). The van der Waals surface area contributed by atoms with Gasteiger partial charge in [-0.2, -0.15) is 4.31 Å². The molecule has 0 radical (unpaired) electrons. The predicted molar refractivity (Wildman–Crippen MR) is 126 cm³/mol. The number of sulfonamides is 1. The van der Waals surface area contributed by atoms with Crippen LogP contribution in [0.4, 0.5) is 5.69 Å². The van der Waals surface area contributed by atoms with Crippen LogP contribution in [0.5, 0.6) is 5.75 Å². The summed E-state index contributed by atoms with van der Waals surface area (Å²) in [4.78, 5) is 24.8. The maximum atomic E-state index is 12.9. The molecule has 0 aromatic heterocycles. The minimum atomic E-state index is -3.76. The van der Waals surface area contributed by atoms with Crippen molar-refractivity contribution in [3.05, 3.63) is 51.5 Å². The number of carbonyl (C=O) groups excluding carboxylic acids is 2. The summed E-state index contributed by atoms with van der Waals surface area (Å²) < 4.78 is 37.5. The Hall–Kier alpha value is -2.33. The molecule has 0 atom stereocenters. The summed E-state index contributed by atoms with van der Waals surface area (Å²) in [6, 6.07) is 7.05. The van der Waals surface area contributed by atoms with Gasteiger partial charge in [-0.05, 0) is 49.6 Å². The lowest BCUT2D eigenvalue weighted by Gasteiger charge is -2.26. The molecule has 0 spiro atoms. The van der Waals surface area contributed by atoms with Gasteiger partial charge in [0.1, 0.15) is 5.75 Å². The van der Waals surface area contributed by atoms with Gasteiger partial charge in [-0.25, -0.2) is 13.2 Å². The number of amides is 1. The average molecular weight is 515 g/mol. The number of piperidine rings is 1. The van der Waals surface area contributed by atoms with E-state index in [4.69, 9.17) is 32.7 Å². The van der Waals surface area contributed by atoms with Gasteiger partial charge in [0.2, 0.25) is 10.0 Å². The average Bonchev–Trinajstić information content (AvgIpc) is 2.80. The fourth-order valence-electron chi connectivity index (χ4n) is 3.40. The SMILES string of the molecule is COc1cc(Cl)c(C)cc1NC(=O)COC(=O)c1cc(S(=O)(=O)N2CCCCC2)ccc1Cl. The molecule has 8 nitrogen and oxygen atoms in total. The maximum absolute atomic E-state index is 12.9. The normalized spacial score (nSPS) is 14.5. The molecule has 1 heterocycles. The topological polar surface area (TPSA) is 102 Å². The summed E-state index contributed by atoms with van der Waals surface area (Å²) >= 11 is 12.2. The van der Waals surface area contributed by atoms with Crippen LogP contribution < -0.4 is 10.1 Å². The van der Waals surface area contributed by atoms with E-state index in [9.17, 15) is 18.0 Å². The van der Waals surface area contributed by atoms with Crippen LogP contribution in [-0.4, -0.2) is 51.4 Å². The number of benzene rings is 2. The Labute approximate surface area is 202 Å². The van der Waals surface area contributed by atoms with Crippen molar-refractivity contribution in [2.24, 2.45) is 0 Å². The lowest BCUT2D eigenvalue weighted by molar-refractivity contribution is -0.119. The molecule has 0 saturated carbocycles. The number of esters is 1. The van der Waals surface area contributed by atoms with Gasteiger partial charge in [-0.3, -0.25) is 4.79 Å². The largest absolute Gasteiger partial charge is 0.495 e. The van der Waals surface area contributed by atoms with Crippen molar-refractivity contribution in [2.75, 3.05) is 32.1 Å². The number of aryl methyl sites for hydroxylation is 1. The Morgan fingerprint density at radius 1 is 1.06 bits per heavy atom. The van der Waals surface area contributed by atoms with Gasteiger partial charge < -0.3 is 14.8 Å². The molecule has 0 aliphatic carbocycles. The molecule has 1 N–H and O–H groups in total. The quantitative estimate of drug-likeness (QED) is 0.553. The smallest absolute Gasteiger partial charge is 0.340 e. The molecule has 1 saturated heterocycles. The van der Waals surface area contributed by atoms with Crippen molar-refractivity contribution in [3.63, 3.8) is 0 Å². The Kier molecular flexibility index (Phi) is 8.23. The lowest BCUT2D eigenvalue weighted by Crippen LogP contribution is -2.35. The van der Waals surface area contributed by atoms with E-state index < -0.39 is 28.5 Å². The number of rotatable bonds is 7. The standard InChI is InChI=1S/C22H24Cl2N2O6S/c1-14-10-19(20(31-2)12-18(14)24)25-21(27)13-32-22(28)16-11-15(6-7-17(16)23)33(29,30)26-8-4-3-5-9-26/h6-7,10-12H,3-5,8-9,13H2,1-2H3,(H,25,27). The first-order valence-corrected chi connectivity index (χ1v) is 12.4. The van der Waals surface area contributed by atoms with Crippen LogP contribution in [0.1, 0.15) is 35.2 Å². The third-order valence-corrected chi connectivity index (χ3v) is 7.83. The molecule has 2 aromatic rings. The number of hydrogen-bond donors (Lipinski definition) is 1. The van der Waals surface area contributed by atoms with Crippen LogP contribution in [-0.2, 0) is 19.6 Å². The lowest BCUT2D eigenvalue weighted by atomic mass is 10.2. The molecule has 1 fully saturated rings. The summed E-state index contributed by atoms with van der Waals surface area (Å²) in [6.45, 7) is 2.02. The summed E-state index contributed by atoms with van der Waals surface area (Å²) in [5.74, 6) is -1.18. The highest BCUT2D eigenvalue weighted by Crippen LogP contribution is 2.31. The summed E-state index contributed by atoms with van der Waals surface area (Å²) in [7, 11) is -2.33. The van der Waals surface area contributed by atoms with Crippen LogP contribution in [0.3, 0.4) is 0 Å². The third kappa shape index (κ3) is 5.97. The fourth-order valence-corrected chi connectivity index (χ4v) is 5.29. The highest BCUT2D eigenvalue weighted by molar-refractivity contribution is 7.89. The van der Waals surface area contributed by atoms with Crippen LogP contribution >= 0.6 is 23.2 Å². The first-order valence-electron chi connectivity index (χ1n) is 10.2. The Bertz CT molecular complexity index is 1160. The van der Waals surface area contributed by atoms with Gasteiger partial charge in [0.05, 0.1) is 28.3 Å². The first kappa shape index (κ1) is 25.3. The van der Waals surface area contributed by atoms with Crippen LogP contribution in [0.25, 0.3) is 0 Å². The third-order valence-electron chi connectivity index (χ3n) is 5.20. The van der Waals surface area contributed by atoms with Crippen molar-refractivity contribution in [1.29, 1.82) is 0 Å². The van der Waals surface area contributed by atoms with E-state index in [1.54, 1.807) is 19.1 Å². The van der Waals surface area contributed by atoms with E-state index in [-0.39, 0.29) is 15.5 Å². The second-order valence-corrected chi connectivity index (χ2v) is 10.3. The summed E-state index contributed by atoms with van der Waals surface area (Å²) in [5, 5.41) is 3.09. The molecule has 178 valence electrons. The molecule has 33 heavy (non-hydrogen) atoms. The zero-order valence-electron chi connectivity index (χ0n) is 18.2. The number of carbonyl (C=O) groups is 2. The van der Waals surface area contributed by atoms with Crippen molar-refractivity contribution >= 4 is 50.8 Å². The number of nitrogens with zero attached hydrogens (tertiary/aromatic N) is 1. The van der Waals surface area contributed by atoms with E-state index >= 15 is 0 Å². The van der Waals surface area contributed by atoms with E-state index in [1.807, 2.05) is 0 Å². The summed E-state index contributed by atoms with van der Waals surface area (Å²) in [5.41, 5.74) is 0.957. The number of anilines is 1. The minimum absolute atomic E-state index is 0.0213. The van der Waals surface area contributed by atoms with Crippen LogP contribution in [0, 0.1) is 6.92 Å². The number of nitrogens with one attached hydrogen (secondary N) is 1. The van der Waals surface area contributed by atoms with Gasteiger partial charge in [0, 0.05) is 24.2 Å². The van der Waals surface area contributed by atoms with Crippen LogP contribution in [0.2, 0.25) is 10.0 Å². The molecule has 1 amide bonds. The van der Waals surface area contributed by atoms with E-state index in [0.29, 0.717) is 29.5 Å². The van der Waals surface area contributed by atoms with E-state index in [0.717, 1.165) is 24.8 Å². The van der Waals surface area contributed by atoms with Gasteiger partial charge >= 0.3 is 5.97 Å². The maximum Gasteiger partial charge on any atom is 0.340 e. The second kappa shape index (κ2) is 10.7. The Morgan fingerprint density at radius 3 is 2.42 bits per heavy atom. The highest BCUT2D eigenvalue weighted by Gasteiger charge is 2.27. The van der Waals surface area contributed by atoms with Gasteiger partial charge in [0.25, 0.3) is 5.91 Å². The van der Waals surface area contributed by atoms with Crippen molar-refractivity contribution in [3.8, 4) is 5.75 Å². The number of ether oxygens (including phenoxy) is 2. The van der Waals surface area contributed by atoms with E-state index in [1.165, 1.54) is 29.6 Å². The number of halogens is 2. The molecular weight excluding hydrogens is 491 g/mol. The molecule has 0 bridgehead atoms. The van der Waals surface area contributed by atoms with Gasteiger partial charge in [0.15, 0.2) is 6.61 Å². The molecular formula is C22H24Cl2N2O6S. The number of hydrogen-bond acceptors (Lipinski definition) is 6.